The van der Waals surface area contributed by atoms with Gasteiger partial charge in [0, 0.05) is 16.8 Å². The number of thiophene rings is 1. The van der Waals surface area contributed by atoms with Crippen molar-refractivity contribution in [2.45, 2.75) is 31.2 Å². The van der Waals surface area contributed by atoms with Crippen LogP contribution in [0.15, 0.2) is 29.6 Å². The van der Waals surface area contributed by atoms with Gasteiger partial charge in [-0.2, -0.15) is 0 Å². The molecular weight excluding hydrogens is 297 g/mol. The van der Waals surface area contributed by atoms with Crippen LogP contribution in [0.4, 0.5) is 0 Å². The Kier molecular flexibility index (Phi) is 3.86. The second-order valence-corrected chi connectivity index (χ2v) is 6.81. The number of halogens is 2. The maximum absolute atomic E-state index is 6.47. The fourth-order valence-corrected chi connectivity index (χ4v) is 4.15. The first-order chi connectivity index (χ1) is 9.16. The number of aryl methyl sites for hydroxylation is 1. The molecule has 1 heterocycles. The molecule has 1 nitrogen and oxygen atoms in total. The average molecular weight is 312 g/mol. The zero-order chi connectivity index (χ0) is 13.4. The largest absolute Gasteiger partial charge is 0.323 e. The summed E-state index contributed by atoms with van der Waals surface area (Å²) in [6, 6.07) is 7.93. The summed E-state index contributed by atoms with van der Waals surface area (Å²) < 4.78 is 0. The van der Waals surface area contributed by atoms with Gasteiger partial charge in [-0.25, -0.2) is 0 Å². The molecule has 0 fully saturated rings. The predicted octanol–water partition coefficient (Wildman–Crippen LogP) is 5.17. The van der Waals surface area contributed by atoms with Gasteiger partial charge < -0.3 is 5.73 Å². The minimum atomic E-state index is -0.0107. The summed E-state index contributed by atoms with van der Waals surface area (Å²) in [5.74, 6) is 0.396. The topological polar surface area (TPSA) is 26.0 Å². The first-order valence-electron chi connectivity index (χ1n) is 6.43. The summed E-state index contributed by atoms with van der Waals surface area (Å²) in [5, 5.41) is 3.33. The third-order valence-electron chi connectivity index (χ3n) is 3.86. The molecule has 0 saturated carbocycles. The molecule has 100 valence electrons. The van der Waals surface area contributed by atoms with Crippen molar-refractivity contribution in [1.29, 1.82) is 0 Å². The first kappa shape index (κ1) is 13.4. The average Bonchev–Trinajstić information content (AvgIpc) is 2.89. The van der Waals surface area contributed by atoms with E-state index in [4.69, 9.17) is 28.9 Å². The molecule has 2 unspecified atom stereocenters. The smallest absolute Gasteiger partial charge is 0.0595 e. The third-order valence-corrected chi connectivity index (χ3v) is 5.60. The molecule has 19 heavy (non-hydrogen) atoms. The van der Waals surface area contributed by atoms with Crippen LogP contribution in [-0.2, 0) is 6.42 Å². The Morgan fingerprint density at radius 2 is 2.05 bits per heavy atom. The van der Waals surface area contributed by atoms with Gasteiger partial charge in [0.05, 0.1) is 10.0 Å². The van der Waals surface area contributed by atoms with Crippen LogP contribution in [0.1, 0.15) is 40.8 Å². The van der Waals surface area contributed by atoms with E-state index in [2.05, 4.69) is 11.4 Å². The van der Waals surface area contributed by atoms with Crippen LogP contribution < -0.4 is 5.73 Å². The summed E-state index contributed by atoms with van der Waals surface area (Å²) in [5.41, 5.74) is 8.96. The number of hydrogen-bond donors (Lipinski definition) is 1. The van der Waals surface area contributed by atoms with Gasteiger partial charge in [-0.1, -0.05) is 29.3 Å². The monoisotopic (exact) mass is 311 g/mol. The Morgan fingerprint density at radius 1 is 1.21 bits per heavy atom. The molecule has 2 aromatic rings. The molecule has 2 atom stereocenters. The number of fused-ring (bicyclic) bond motifs is 1. The second kappa shape index (κ2) is 5.45. The zero-order valence-corrected chi connectivity index (χ0v) is 12.7. The minimum Gasteiger partial charge on any atom is -0.323 e. The van der Waals surface area contributed by atoms with Crippen molar-refractivity contribution >= 4 is 34.5 Å². The van der Waals surface area contributed by atoms with Crippen molar-refractivity contribution in [2.24, 2.45) is 5.73 Å². The molecule has 0 saturated heterocycles. The highest BCUT2D eigenvalue weighted by Gasteiger charge is 2.27. The molecule has 3 rings (SSSR count). The van der Waals surface area contributed by atoms with Crippen LogP contribution in [-0.4, -0.2) is 0 Å². The lowest BCUT2D eigenvalue weighted by Gasteiger charge is -2.28. The highest BCUT2D eigenvalue weighted by molar-refractivity contribution is 7.10. The molecule has 2 N–H and O–H groups in total. The van der Waals surface area contributed by atoms with E-state index in [9.17, 15) is 0 Å². The van der Waals surface area contributed by atoms with Crippen LogP contribution in [0.25, 0.3) is 0 Å². The summed E-state index contributed by atoms with van der Waals surface area (Å²) in [7, 11) is 0. The van der Waals surface area contributed by atoms with Gasteiger partial charge in [0.1, 0.15) is 0 Å². The molecule has 1 aliphatic rings. The van der Waals surface area contributed by atoms with E-state index in [0.717, 1.165) is 12.0 Å². The molecule has 0 radical (unpaired) electrons. The maximum Gasteiger partial charge on any atom is 0.0595 e. The highest BCUT2D eigenvalue weighted by atomic mass is 35.5. The van der Waals surface area contributed by atoms with Gasteiger partial charge in [-0.3, -0.25) is 0 Å². The van der Waals surface area contributed by atoms with Crippen molar-refractivity contribution in [3.05, 3.63) is 55.7 Å². The van der Waals surface area contributed by atoms with Crippen molar-refractivity contribution in [3.8, 4) is 0 Å². The molecule has 0 bridgehead atoms. The van der Waals surface area contributed by atoms with Gasteiger partial charge >= 0.3 is 0 Å². The van der Waals surface area contributed by atoms with E-state index in [1.807, 2.05) is 29.5 Å². The van der Waals surface area contributed by atoms with Crippen molar-refractivity contribution in [3.63, 3.8) is 0 Å². The first-order valence-corrected chi connectivity index (χ1v) is 8.07. The van der Waals surface area contributed by atoms with Crippen LogP contribution in [0.3, 0.4) is 0 Å². The Bertz CT molecular complexity index is 594. The maximum atomic E-state index is 6.47. The summed E-state index contributed by atoms with van der Waals surface area (Å²) in [6.07, 6.45) is 3.55. The molecular formula is C15H15Cl2NS. The molecule has 1 aliphatic carbocycles. The van der Waals surface area contributed by atoms with Crippen LogP contribution in [0.5, 0.6) is 0 Å². The van der Waals surface area contributed by atoms with Crippen molar-refractivity contribution in [1.82, 2.24) is 0 Å². The summed E-state index contributed by atoms with van der Waals surface area (Å²) in [4.78, 5) is 1.49. The Labute approximate surface area is 127 Å². The Hall–Kier alpha value is -0.540. The molecule has 0 spiro atoms. The molecule has 1 aromatic carbocycles. The van der Waals surface area contributed by atoms with Crippen LogP contribution >= 0.6 is 34.5 Å². The number of benzene rings is 1. The molecule has 0 amide bonds. The van der Waals surface area contributed by atoms with E-state index < -0.39 is 0 Å². The second-order valence-electron chi connectivity index (χ2n) is 5.00. The predicted molar refractivity (Wildman–Crippen MR) is 83.4 cm³/mol. The molecule has 4 heteroatoms. The SMILES string of the molecule is NC(c1ccc(Cl)c(Cl)c1)C1CCCc2sccc21. The van der Waals surface area contributed by atoms with Gasteiger partial charge in [-0.15, -0.1) is 11.3 Å². The van der Waals surface area contributed by atoms with Crippen molar-refractivity contribution < 1.29 is 0 Å². The summed E-state index contributed by atoms with van der Waals surface area (Å²) >= 11 is 13.9. The summed E-state index contributed by atoms with van der Waals surface area (Å²) in [6.45, 7) is 0. The van der Waals surface area contributed by atoms with Crippen LogP contribution in [0.2, 0.25) is 10.0 Å². The lowest BCUT2D eigenvalue weighted by atomic mass is 9.80. The standard InChI is InChI=1S/C15H15Cl2NS/c16-12-5-4-9(8-13(12)17)15(18)11-2-1-3-14-10(11)6-7-19-14/h4-8,11,15H,1-3,18H2. The van der Waals surface area contributed by atoms with Gasteiger partial charge in [0.25, 0.3) is 0 Å². The van der Waals surface area contributed by atoms with E-state index in [-0.39, 0.29) is 6.04 Å². The van der Waals surface area contributed by atoms with E-state index in [1.54, 1.807) is 0 Å². The van der Waals surface area contributed by atoms with E-state index in [1.165, 1.54) is 23.3 Å². The highest BCUT2D eigenvalue weighted by Crippen LogP contribution is 2.41. The fraction of sp³-hybridized carbons (Fsp3) is 0.333. The number of nitrogens with two attached hydrogens (primary N) is 1. The Balaban J connectivity index is 1.93. The minimum absolute atomic E-state index is 0.0107. The van der Waals surface area contributed by atoms with E-state index >= 15 is 0 Å². The lowest BCUT2D eigenvalue weighted by molar-refractivity contribution is 0.479. The quantitative estimate of drug-likeness (QED) is 0.813. The lowest BCUT2D eigenvalue weighted by Crippen LogP contribution is -2.22. The van der Waals surface area contributed by atoms with Gasteiger partial charge in [0.2, 0.25) is 0 Å². The molecule has 0 aliphatic heterocycles. The normalized spacial score (nSPS) is 20.1. The zero-order valence-electron chi connectivity index (χ0n) is 10.4. The molecule has 1 aromatic heterocycles. The van der Waals surface area contributed by atoms with Crippen molar-refractivity contribution in [2.75, 3.05) is 0 Å². The third kappa shape index (κ3) is 2.55. The Morgan fingerprint density at radius 3 is 2.84 bits per heavy atom. The number of hydrogen-bond acceptors (Lipinski definition) is 2. The fourth-order valence-electron chi connectivity index (χ4n) is 2.85. The number of rotatable bonds is 2. The van der Waals surface area contributed by atoms with Gasteiger partial charge in [-0.05, 0) is 54.0 Å². The van der Waals surface area contributed by atoms with Gasteiger partial charge in [0.15, 0.2) is 0 Å². The van der Waals surface area contributed by atoms with E-state index in [0.29, 0.717) is 16.0 Å². The van der Waals surface area contributed by atoms with Crippen LogP contribution in [0, 0.1) is 0 Å².